The number of fused-ring (bicyclic) bond motifs is 4. The van der Waals surface area contributed by atoms with Gasteiger partial charge in [0.15, 0.2) is 0 Å². The van der Waals surface area contributed by atoms with Crippen LogP contribution >= 0.6 is 11.3 Å². The number of aromatic amines is 1. The number of ether oxygens (including phenoxy) is 2. The lowest BCUT2D eigenvalue weighted by atomic mass is 9.90. The molecule has 1 aliphatic rings. The molecule has 2 aromatic heterocycles. The molecular formula is C35H33N3O5S. The van der Waals surface area contributed by atoms with E-state index in [1.165, 1.54) is 18.7 Å². The number of hydrogen-bond donors (Lipinski definition) is 3. The Morgan fingerprint density at radius 2 is 1.82 bits per heavy atom. The Bertz CT molecular complexity index is 1890. The molecule has 3 heterocycles. The summed E-state index contributed by atoms with van der Waals surface area (Å²) in [5.41, 5.74) is 5.47. The lowest BCUT2D eigenvalue weighted by molar-refractivity contribution is 0.0601. The predicted octanol–water partition coefficient (Wildman–Crippen LogP) is 7.31. The van der Waals surface area contributed by atoms with Gasteiger partial charge in [0.2, 0.25) is 0 Å². The van der Waals surface area contributed by atoms with E-state index in [0.717, 1.165) is 34.2 Å². The van der Waals surface area contributed by atoms with Crippen molar-refractivity contribution in [2.45, 2.75) is 26.7 Å². The van der Waals surface area contributed by atoms with Crippen molar-refractivity contribution in [3.8, 4) is 27.3 Å². The Morgan fingerprint density at radius 1 is 0.955 bits per heavy atom. The maximum absolute atomic E-state index is 14.1. The molecule has 0 spiro atoms. The van der Waals surface area contributed by atoms with Crippen LogP contribution < -0.4 is 15.4 Å². The second-order valence-corrected chi connectivity index (χ2v) is 12.1. The van der Waals surface area contributed by atoms with Crippen LogP contribution in [0.4, 0.5) is 5.69 Å². The minimum absolute atomic E-state index is 0.176. The number of methoxy groups -OCH3 is 1. The number of aromatic nitrogens is 1. The Kier molecular flexibility index (Phi) is 8.21. The van der Waals surface area contributed by atoms with Gasteiger partial charge in [-0.3, -0.25) is 9.59 Å². The van der Waals surface area contributed by atoms with Crippen LogP contribution in [0.3, 0.4) is 0 Å². The highest BCUT2D eigenvalue weighted by molar-refractivity contribution is 7.13. The molecule has 44 heavy (non-hydrogen) atoms. The molecule has 224 valence electrons. The number of benzene rings is 3. The van der Waals surface area contributed by atoms with E-state index in [1.54, 1.807) is 23.5 Å². The summed E-state index contributed by atoms with van der Waals surface area (Å²) < 4.78 is 11.4. The van der Waals surface area contributed by atoms with E-state index in [-0.39, 0.29) is 23.3 Å². The molecule has 0 saturated carbocycles. The van der Waals surface area contributed by atoms with Gasteiger partial charge < -0.3 is 25.1 Å². The number of nitrogens with one attached hydrogen (secondary N) is 3. The van der Waals surface area contributed by atoms with E-state index in [4.69, 9.17) is 9.47 Å². The van der Waals surface area contributed by atoms with E-state index in [2.05, 4.69) is 27.1 Å². The lowest BCUT2D eigenvalue weighted by Crippen LogP contribution is -2.27. The summed E-state index contributed by atoms with van der Waals surface area (Å²) in [6, 6.07) is 18.3. The zero-order chi connectivity index (χ0) is 30.8. The third-order valence-corrected chi connectivity index (χ3v) is 8.65. The zero-order valence-electron chi connectivity index (χ0n) is 24.8. The van der Waals surface area contributed by atoms with Crippen molar-refractivity contribution in [1.29, 1.82) is 0 Å². The Balaban J connectivity index is 1.50. The predicted molar refractivity (Wildman–Crippen MR) is 174 cm³/mol. The number of carbonyl (C=O) groups excluding carboxylic acids is 3. The first kappa shape index (κ1) is 29.2. The van der Waals surface area contributed by atoms with Gasteiger partial charge in [-0.25, -0.2) is 4.79 Å². The van der Waals surface area contributed by atoms with E-state index in [9.17, 15) is 14.4 Å². The highest BCUT2D eigenvalue weighted by Gasteiger charge is 2.26. The molecule has 2 amide bonds. The molecule has 0 atom stereocenters. The number of rotatable bonds is 7. The van der Waals surface area contributed by atoms with Crippen LogP contribution in [0.25, 0.3) is 32.5 Å². The van der Waals surface area contributed by atoms with Crippen LogP contribution in [0.5, 0.6) is 5.75 Å². The second kappa shape index (κ2) is 12.4. The van der Waals surface area contributed by atoms with E-state index in [1.807, 2.05) is 56.4 Å². The molecule has 0 aliphatic carbocycles. The van der Waals surface area contributed by atoms with Crippen molar-refractivity contribution >= 4 is 45.7 Å². The molecule has 6 rings (SSSR count). The summed E-state index contributed by atoms with van der Waals surface area (Å²) in [5, 5.41) is 8.97. The van der Waals surface area contributed by atoms with Gasteiger partial charge in [-0.1, -0.05) is 19.9 Å². The average molecular weight is 608 g/mol. The molecule has 0 unspecified atom stereocenters. The smallest absolute Gasteiger partial charge is 0.338 e. The lowest BCUT2D eigenvalue weighted by Gasteiger charge is -2.21. The van der Waals surface area contributed by atoms with Gasteiger partial charge in [-0.2, -0.15) is 0 Å². The highest BCUT2D eigenvalue weighted by Crippen LogP contribution is 2.43. The first-order valence-corrected chi connectivity index (χ1v) is 15.5. The summed E-state index contributed by atoms with van der Waals surface area (Å²) >= 11 is 1.61. The standard InChI is InChI=1S/C35H33N3O5S/c1-20(2)19-37-33(39)23-6-8-25(28(16-23)35(41)42-3)26-18-31-29(32-21(11-14-44-32)5-4-13-43-31)17-27(26)34(40)38-24-7-9-30-22(15-24)10-12-36-30/h6-12,14-18,20,36H,4-5,13,19H2,1-3H3,(H,37,39)(H,38,40). The van der Waals surface area contributed by atoms with Gasteiger partial charge >= 0.3 is 5.97 Å². The van der Waals surface area contributed by atoms with Crippen LogP contribution in [0.15, 0.2) is 72.2 Å². The van der Waals surface area contributed by atoms with Crippen LogP contribution in [0.1, 0.15) is 56.9 Å². The maximum Gasteiger partial charge on any atom is 0.338 e. The van der Waals surface area contributed by atoms with Crippen molar-refractivity contribution in [3.63, 3.8) is 0 Å². The van der Waals surface area contributed by atoms with Gasteiger partial charge in [0.25, 0.3) is 11.8 Å². The van der Waals surface area contributed by atoms with Crippen LogP contribution in [0, 0.1) is 5.92 Å². The molecule has 0 bridgehead atoms. The average Bonchev–Trinajstić information content (AvgIpc) is 3.69. The summed E-state index contributed by atoms with van der Waals surface area (Å²) in [6.07, 6.45) is 3.59. The minimum atomic E-state index is -0.615. The zero-order valence-corrected chi connectivity index (χ0v) is 25.6. The number of thiophene rings is 1. The topological polar surface area (TPSA) is 110 Å². The van der Waals surface area contributed by atoms with E-state index >= 15 is 0 Å². The molecule has 0 radical (unpaired) electrons. The molecule has 3 aromatic carbocycles. The normalized spacial score (nSPS) is 12.5. The number of hydrogen-bond acceptors (Lipinski definition) is 6. The summed E-state index contributed by atoms with van der Waals surface area (Å²) in [6.45, 7) is 5.03. The number of aryl methyl sites for hydroxylation is 1. The van der Waals surface area contributed by atoms with Crippen molar-refractivity contribution in [2.75, 3.05) is 25.6 Å². The molecular weight excluding hydrogens is 574 g/mol. The summed E-state index contributed by atoms with van der Waals surface area (Å²) in [4.78, 5) is 44.4. The molecule has 0 saturated heterocycles. The molecule has 5 aromatic rings. The molecule has 1 aliphatic heterocycles. The molecule has 3 N–H and O–H groups in total. The van der Waals surface area contributed by atoms with Gasteiger partial charge in [0, 0.05) is 50.9 Å². The Labute approximate surface area is 259 Å². The molecule has 8 nitrogen and oxygen atoms in total. The quantitative estimate of drug-likeness (QED) is 0.168. The van der Waals surface area contributed by atoms with Gasteiger partial charge in [-0.15, -0.1) is 11.3 Å². The van der Waals surface area contributed by atoms with Crippen molar-refractivity contribution in [3.05, 3.63) is 94.5 Å². The fourth-order valence-corrected chi connectivity index (χ4v) is 6.40. The van der Waals surface area contributed by atoms with Crippen molar-refractivity contribution in [1.82, 2.24) is 10.3 Å². The minimum Gasteiger partial charge on any atom is -0.493 e. The first-order chi connectivity index (χ1) is 21.3. The first-order valence-electron chi connectivity index (χ1n) is 14.6. The van der Waals surface area contributed by atoms with Gasteiger partial charge in [0.05, 0.1) is 19.3 Å². The largest absolute Gasteiger partial charge is 0.493 e. The number of amides is 2. The van der Waals surface area contributed by atoms with Crippen molar-refractivity contribution < 1.29 is 23.9 Å². The van der Waals surface area contributed by atoms with Gasteiger partial charge in [0.1, 0.15) is 5.75 Å². The van der Waals surface area contributed by atoms with E-state index in [0.29, 0.717) is 46.8 Å². The van der Waals surface area contributed by atoms with Gasteiger partial charge in [-0.05, 0) is 95.4 Å². The molecule has 0 fully saturated rings. The number of esters is 1. The highest BCUT2D eigenvalue weighted by atomic mass is 32.1. The fraction of sp³-hybridized carbons (Fsp3) is 0.229. The Morgan fingerprint density at radius 3 is 2.64 bits per heavy atom. The third kappa shape index (κ3) is 5.83. The number of carbonyl (C=O) groups is 3. The van der Waals surface area contributed by atoms with Crippen LogP contribution in [-0.2, 0) is 11.2 Å². The SMILES string of the molecule is COC(=O)c1cc(C(=O)NCC(C)C)ccc1-c1cc2c(cc1C(=O)Nc1ccc3[nH]ccc3c1)-c1sccc1CCCO2. The fourth-order valence-electron chi connectivity index (χ4n) is 5.43. The number of anilines is 1. The summed E-state index contributed by atoms with van der Waals surface area (Å²) in [5.74, 6) is -0.350. The summed E-state index contributed by atoms with van der Waals surface area (Å²) in [7, 11) is 1.30. The Hall–Kier alpha value is -4.89. The van der Waals surface area contributed by atoms with Crippen LogP contribution in [-0.4, -0.2) is 43.0 Å². The number of H-pyrrole nitrogens is 1. The molecule has 9 heteroatoms. The second-order valence-electron chi connectivity index (χ2n) is 11.2. The monoisotopic (exact) mass is 607 g/mol. The van der Waals surface area contributed by atoms with Crippen molar-refractivity contribution in [2.24, 2.45) is 5.92 Å². The maximum atomic E-state index is 14.1. The van der Waals surface area contributed by atoms with Crippen LogP contribution in [0.2, 0.25) is 0 Å². The van der Waals surface area contributed by atoms with E-state index < -0.39 is 5.97 Å². The third-order valence-electron chi connectivity index (χ3n) is 7.66.